The van der Waals surface area contributed by atoms with Crippen LogP contribution in [0.4, 0.5) is 0 Å². The summed E-state index contributed by atoms with van der Waals surface area (Å²) in [4.78, 5) is 24.1. The Morgan fingerprint density at radius 2 is 1.88 bits per heavy atom. The molecule has 7 heteroatoms. The van der Waals surface area contributed by atoms with Gasteiger partial charge in [-0.25, -0.2) is 0 Å². The van der Waals surface area contributed by atoms with Gasteiger partial charge in [-0.3, -0.25) is 9.59 Å². The van der Waals surface area contributed by atoms with E-state index in [1.54, 1.807) is 6.07 Å². The van der Waals surface area contributed by atoms with Crippen molar-refractivity contribution in [2.75, 3.05) is 46.9 Å². The number of carbonyl (C=O) groups is 2. The number of hydrogen-bond acceptors (Lipinski definition) is 5. The molecule has 0 bridgehead atoms. The number of amides is 2. The highest BCUT2D eigenvalue weighted by atomic mass is 16.5. The molecule has 2 N–H and O–H groups in total. The van der Waals surface area contributed by atoms with Gasteiger partial charge in [0.25, 0.3) is 0 Å². The van der Waals surface area contributed by atoms with Crippen LogP contribution in [0.15, 0.2) is 0 Å². The first kappa shape index (κ1) is 15.3. The average Bonchev–Trinajstić information content (AvgIpc) is 2.29. The summed E-state index contributed by atoms with van der Waals surface area (Å²) in [6.07, 6.45) is 0. The van der Waals surface area contributed by atoms with Gasteiger partial charge in [0, 0.05) is 13.1 Å². The number of likely N-dealkylation sites (N-methyl/N-ethyl adjacent to an activating group) is 1. The van der Waals surface area contributed by atoms with E-state index < -0.39 is 11.8 Å². The molecule has 0 aromatic rings. The fourth-order valence-corrected chi connectivity index (χ4v) is 0.866. The second-order valence-electron chi connectivity index (χ2n) is 3.51. The summed E-state index contributed by atoms with van der Waals surface area (Å²) in [6.45, 7) is 1.82. The van der Waals surface area contributed by atoms with Crippen molar-refractivity contribution >= 4 is 11.8 Å². The second-order valence-corrected chi connectivity index (χ2v) is 3.51. The molecule has 0 aliphatic heterocycles. The third kappa shape index (κ3) is 9.29. The number of nitrogens with zero attached hydrogens (tertiary/aromatic N) is 2. The van der Waals surface area contributed by atoms with Gasteiger partial charge in [-0.1, -0.05) is 0 Å². The molecule has 0 aliphatic rings. The molecule has 0 radical (unpaired) electrons. The fourth-order valence-electron chi connectivity index (χ4n) is 0.866. The predicted octanol–water partition coefficient (Wildman–Crippen LogP) is -1.68. The molecule has 17 heavy (non-hydrogen) atoms. The molecule has 0 spiro atoms. The highest BCUT2D eigenvalue weighted by Gasteiger charge is 2.11. The van der Waals surface area contributed by atoms with Crippen LogP contribution in [0.1, 0.15) is 0 Å². The fraction of sp³-hybridized carbons (Fsp3) is 0.700. The van der Waals surface area contributed by atoms with Crippen molar-refractivity contribution in [1.29, 1.82) is 5.26 Å². The first-order valence-electron chi connectivity index (χ1n) is 5.23. The Labute approximate surface area is 101 Å². The molecule has 0 saturated carbocycles. The van der Waals surface area contributed by atoms with E-state index in [4.69, 9.17) is 10.00 Å². The Bertz CT molecular complexity index is 286. The molecule has 96 valence electrons. The molecule has 0 aromatic carbocycles. The number of hydrogen-bond donors (Lipinski definition) is 2. The van der Waals surface area contributed by atoms with E-state index in [0.29, 0.717) is 13.2 Å². The van der Waals surface area contributed by atoms with E-state index in [0.717, 1.165) is 6.54 Å². The van der Waals surface area contributed by atoms with Crippen molar-refractivity contribution in [3.8, 4) is 6.07 Å². The summed E-state index contributed by atoms with van der Waals surface area (Å²) in [5.41, 5.74) is 0. The van der Waals surface area contributed by atoms with Gasteiger partial charge in [0.05, 0.1) is 19.3 Å². The molecule has 0 atom stereocenters. The molecule has 0 aliphatic carbocycles. The standard InChI is InChI=1S/C10H18N4O3/c1-14(2)6-8-17-7-5-13-10(16)9(15)12-4-3-11/h4-8H2,1-2H3,(H,12,15)(H,13,16). The molecule has 7 nitrogen and oxygen atoms in total. The van der Waals surface area contributed by atoms with Crippen LogP contribution < -0.4 is 10.6 Å². The predicted molar refractivity (Wildman–Crippen MR) is 61.0 cm³/mol. The number of rotatable bonds is 7. The number of nitrogens with one attached hydrogen (secondary N) is 2. The maximum Gasteiger partial charge on any atom is 0.310 e. The Kier molecular flexibility index (Phi) is 8.64. The maximum atomic E-state index is 11.1. The van der Waals surface area contributed by atoms with Crippen molar-refractivity contribution in [2.45, 2.75) is 0 Å². The van der Waals surface area contributed by atoms with Gasteiger partial charge in [0.15, 0.2) is 0 Å². The van der Waals surface area contributed by atoms with E-state index >= 15 is 0 Å². The first-order chi connectivity index (χ1) is 8.07. The minimum absolute atomic E-state index is 0.175. The average molecular weight is 242 g/mol. The Balaban J connectivity index is 3.45. The van der Waals surface area contributed by atoms with Crippen molar-refractivity contribution in [1.82, 2.24) is 15.5 Å². The summed E-state index contributed by atoms with van der Waals surface area (Å²) in [7, 11) is 3.87. The van der Waals surface area contributed by atoms with E-state index in [1.807, 2.05) is 19.0 Å². The molecular weight excluding hydrogens is 224 g/mol. The van der Waals surface area contributed by atoms with Gasteiger partial charge in [0.2, 0.25) is 0 Å². The zero-order valence-corrected chi connectivity index (χ0v) is 10.2. The van der Waals surface area contributed by atoms with Crippen molar-refractivity contribution < 1.29 is 14.3 Å². The minimum Gasteiger partial charge on any atom is -0.378 e. The molecular formula is C10H18N4O3. The third-order valence-electron chi connectivity index (χ3n) is 1.75. The zero-order valence-electron chi connectivity index (χ0n) is 10.2. The van der Waals surface area contributed by atoms with E-state index in [-0.39, 0.29) is 13.1 Å². The largest absolute Gasteiger partial charge is 0.378 e. The second kappa shape index (κ2) is 9.57. The molecule has 0 heterocycles. The quantitative estimate of drug-likeness (QED) is 0.316. The summed E-state index contributed by atoms with van der Waals surface area (Å²) < 4.78 is 5.22. The summed E-state index contributed by atoms with van der Waals surface area (Å²) in [5.74, 6) is -1.56. The zero-order chi connectivity index (χ0) is 13.1. The van der Waals surface area contributed by atoms with Crippen LogP contribution in [0.25, 0.3) is 0 Å². The number of ether oxygens (including phenoxy) is 1. The van der Waals surface area contributed by atoms with Gasteiger partial charge < -0.3 is 20.3 Å². The smallest absolute Gasteiger partial charge is 0.310 e. The first-order valence-corrected chi connectivity index (χ1v) is 5.23. The number of nitriles is 1. The molecule has 0 fully saturated rings. The normalized spacial score (nSPS) is 9.76. The number of carbonyl (C=O) groups excluding carboxylic acids is 2. The van der Waals surface area contributed by atoms with Crippen LogP contribution in [0.2, 0.25) is 0 Å². The molecule has 2 amide bonds. The van der Waals surface area contributed by atoms with Crippen LogP contribution in [0.5, 0.6) is 0 Å². The highest BCUT2D eigenvalue weighted by Crippen LogP contribution is 1.78. The highest BCUT2D eigenvalue weighted by molar-refractivity contribution is 6.35. The van der Waals surface area contributed by atoms with Gasteiger partial charge in [-0.15, -0.1) is 0 Å². The van der Waals surface area contributed by atoms with E-state index in [2.05, 4.69) is 10.6 Å². The maximum absolute atomic E-state index is 11.1. The summed E-state index contributed by atoms with van der Waals surface area (Å²) in [6, 6.07) is 1.71. The monoisotopic (exact) mass is 242 g/mol. The van der Waals surface area contributed by atoms with E-state index in [9.17, 15) is 9.59 Å². The topological polar surface area (TPSA) is 94.5 Å². The van der Waals surface area contributed by atoms with Crippen LogP contribution in [0.3, 0.4) is 0 Å². The lowest BCUT2D eigenvalue weighted by atomic mass is 10.5. The third-order valence-corrected chi connectivity index (χ3v) is 1.75. The minimum atomic E-state index is -0.806. The van der Waals surface area contributed by atoms with Crippen molar-refractivity contribution in [3.05, 3.63) is 0 Å². The Hall–Kier alpha value is -1.65. The van der Waals surface area contributed by atoms with Crippen LogP contribution in [-0.4, -0.2) is 63.7 Å². The van der Waals surface area contributed by atoms with Crippen LogP contribution in [0, 0.1) is 11.3 Å². The summed E-state index contributed by atoms with van der Waals surface area (Å²) in [5, 5.41) is 12.7. The summed E-state index contributed by atoms with van der Waals surface area (Å²) >= 11 is 0. The molecule has 0 saturated heterocycles. The van der Waals surface area contributed by atoms with Gasteiger partial charge in [-0.2, -0.15) is 5.26 Å². The van der Waals surface area contributed by atoms with Crippen molar-refractivity contribution in [3.63, 3.8) is 0 Å². The lowest BCUT2D eigenvalue weighted by molar-refractivity contribution is -0.139. The van der Waals surface area contributed by atoms with Crippen molar-refractivity contribution in [2.24, 2.45) is 0 Å². The van der Waals surface area contributed by atoms with Crippen LogP contribution >= 0.6 is 0 Å². The van der Waals surface area contributed by atoms with E-state index in [1.165, 1.54) is 0 Å². The van der Waals surface area contributed by atoms with Gasteiger partial charge >= 0.3 is 11.8 Å². The molecule has 0 rings (SSSR count). The van der Waals surface area contributed by atoms with Gasteiger partial charge in [-0.05, 0) is 14.1 Å². The Morgan fingerprint density at radius 3 is 2.47 bits per heavy atom. The lowest BCUT2D eigenvalue weighted by Crippen LogP contribution is -2.41. The SMILES string of the molecule is CN(C)CCOCCNC(=O)C(=O)NCC#N. The molecule has 0 aromatic heterocycles. The lowest BCUT2D eigenvalue weighted by Gasteiger charge is -2.10. The van der Waals surface area contributed by atoms with Gasteiger partial charge in [0.1, 0.15) is 6.54 Å². The van der Waals surface area contributed by atoms with Crippen LogP contribution in [-0.2, 0) is 14.3 Å². The Morgan fingerprint density at radius 1 is 1.24 bits per heavy atom. The molecule has 0 unspecified atom stereocenters.